The van der Waals surface area contributed by atoms with E-state index < -0.39 is 0 Å². The van der Waals surface area contributed by atoms with Gasteiger partial charge in [-0.2, -0.15) is 0 Å². The highest BCUT2D eigenvalue weighted by Crippen LogP contribution is 2.08. The zero-order valence-electron chi connectivity index (χ0n) is 8.71. The van der Waals surface area contributed by atoms with Gasteiger partial charge in [-0.15, -0.1) is 0 Å². The predicted octanol–water partition coefficient (Wildman–Crippen LogP) is 2.39. The third-order valence-electron chi connectivity index (χ3n) is 2.02. The number of nitrogens with zero attached hydrogens (tertiary/aromatic N) is 1. The van der Waals surface area contributed by atoms with Crippen molar-refractivity contribution in [3.63, 3.8) is 0 Å². The first-order valence-electron chi connectivity index (χ1n) is 4.71. The Kier molecular flexibility index (Phi) is 7.06. The second-order valence-corrected chi connectivity index (χ2v) is 3.35. The molecule has 72 valence electrons. The van der Waals surface area contributed by atoms with Crippen molar-refractivity contribution >= 4 is 6.21 Å². The summed E-state index contributed by atoms with van der Waals surface area (Å²) in [5, 5.41) is 0. The maximum absolute atomic E-state index is 5.07. The smallest absolute Gasteiger partial charge is 0.0493 e. The zero-order valence-corrected chi connectivity index (χ0v) is 8.71. The van der Waals surface area contributed by atoms with Crippen LogP contribution in [-0.2, 0) is 4.74 Å². The van der Waals surface area contributed by atoms with Crippen LogP contribution in [0.1, 0.15) is 27.2 Å². The van der Waals surface area contributed by atoms with E-state index in [9.17, 15) is 0 Å². The molecule has 0 N–H and O–H groups in total. The van der Waals surface area contributed by atoms with Gasteiger partial charge in [0.1, 0.15) is 0 Å². The van der Waals surface area contributed by atoms with Crippen LogP contribution in [0.2, 0.25) is 0 Å². The summed E-state index contributed by atoms with van der Waals surface area (Å²) in [6.07, 6.45) is 3.18. The van der Waals surface area contributed by atoms with E-state index in [-0.39, 0.29) is 0 Å². The van der Waals surface area contributed by atoms with Crippen LogP contribution in [0.4, 0.5) is 0 Å². The highest BCUT2D eigenvalue weighted by atomic mass is 16.5. The molecule has 0 amide bonds. The fraction of sp³-hybridized carbons (Fsp3) is 0.900. The van der Waals surface area contributed by atoms with E-state index in [2.05, 4.69) is 25.8 Å². The van der Waals surface area contributed by atoms with Gasteiger partial charge in [0.15, 0.2) is 0 Å². The van der Waals surface area contributed by atoms with Crippen LogP contribution in [0.15, 0.2) is 4.99 Å². The summed E-state index contributed by atoms with van der Waals surface area (Å²) in [7, 11) is 1.74. The molecule has 0 aromatic heterocycles. The number of hydrogen-bond donors (Lipinski definition) is 0. The first-order valence-corrected chi connectivity index (χ1v) is 4.71. The van der Waals surface area contributed by atoms with Crippen molar-refractivity contribution in [3.8, 4) is 0 Å². The molecule has 12 heavy (non-hydrogen) atoms. The zero-order chi connectivity index (χ0) is 9.40. The van der Waals surface area contributed by atoms with Gasteiger partial charge in [0.25, 0.3) is 0 Å². The average Bonchev–Trinajstić information content (AvgIpc) is 2.05. The number of ether oxygens (including phenoxy) is 1. The molecule has 0 fully saturated rings. The molecule has 0 aliphatic carbocycles. The molecular weight excluding hydrogens is 150 g/mol. The van der Waals surface area contributed by atoms with Crippen LogP contribution >= 0.6 is 0 Å². The Labute approximate surface area is 76.0 Å². The van der Waals surface area contributed by atoms with Crippen molar-refractivity contribution in [2.45, 2.75) is 27.2 Å². The van der Waals surface area contributed by atoms with Crippen LogP contribution in [0.3, 0.4) is 0 Å². The Morgan fingerprint density at radius 2 is 2.08 bits per heavy atom. The molecule has 0 spiro atoms. The molecule has 0 rings (SSSR count). The van der Waals surface area contributed by atoms with E-state index in [0.29, 0.717) is 11.8 Å². The number of methoxy groups -OCH3 is 1. The van der Waals surface area contributed by atoms with Crippen LogP contribution in [-0.4, -0.2) is 26.5 Å². The van der Waals surface area contributed by atoms with E-state index in [4.69, 9.17) is 4.74 Å². The number of hydrogen-bond acceptors (Lipinski definition) is 2. The van der Waals surface area contributed by atoms with Crippen molar-refractivity contribution in [1.29, 1.82) is 0 Å². The first kappa shape index (κ1) is 11.6. The van der Waals surface area contributed by atoms with Crippen molar-refractivity contribution in [3.05, 3.63) is 0 Å². The Bertz CT molecular complexity index is 123. The Morgan fingerprint density at radius 1 is 1.42 bits per heavy atom. The SMILES string of the molecule is CCCN=C[C@H](C)C(C)COC. The fourth-order valence-electron chi connectivity index (χ4n) is 0.931. The largest absolute Gasteiger partial charge is 0.384 e. The lowest BCUT2D eigenvalue weighted by molar-refractivity contribution is 0.148. The molecule has 0 bridgehead atoms. The molecule has 2 atom stereocenters. The summed E-state index contributed by atoms with van der Waals surface area (Å²) in [4.78, 5) is 4.31. The topological polar surface area (TPSA) is 21.6 Å². The lowest BCUT2D eigenvalue weighted by atomic mass is 9.98. The van der Waals surface area contributed by atoms with Gasteiger partial charge in [0, 0.05) is 26.5 Å². The van der Waals surface area contributed by atoms with Crippen LogP contribution in [0, 0.1) is 11.8 Å². The summed E-state index contributed by atoms with van der Waals surface area (Å²) < 4.78 is 5.07. The van der Waals surface area contributed by atoms with E-state index in [0.717, 1.165) is 19.6 Å². The van der Waals surface area contributed by atoms with Gasteiger partial charge in [-0.05, 0) is 18.3 Å². The fourth-order valence-corrected chi connectivity index (χ4v) is 0.931. The second-order valence-electron chi connectivity index (χ2n) is 3.35. The van der Waals surface area contributed by atoms with Crippen molar-refractivity contribution in [2.24, 2.45) is 16.8 Å². The maximum Gasteiger partial charge on any atom is 0.0493 e. The number of aliphatic imine (C=N–C) groups is 1. The standard InChI is InChI=1S/C10H21NO/c1-5-6-11-7-9(2)10(3)8-12-4/h7,9-10H,5-6,8H2,1-4H3/t9-,10?/m0/s1. The maximum atomic E-state index is 5.07. The molecule has 0 radical (unpaired) electrons. The monoisotopic (exact) mass is 171 g/mol. The quantitative estimate of drug-likeness (QED) is 0.562. The third-order valence-corrected chi connectivity index (χ3v) is 2.02. The van der Waals surface area contributed by atoms with Gasteiger partial charge < -0.3 is 4.74 Å². The minimum Gasteiger partial charge on any atom is -0.384 e. The average molecular weight is 171 g/mol. The molecule has 0 aromatic rings. The molecule has 2 heteroatoms. The van der Waals surface area contributed by atoms with Crippen LogP contribution in [0.25, 0.3) is 0 Å². The lowest BCUT2D eigenvalue weighted by Crippen LogP contribution is -2.14. The molecule has 2 nitrogen and oxygen atoms in total. The molecule has 0 saturated carbocycles. The van der Waals surface area contributed by atoms with Crippen molar-refractivity contribution in [2.75, 3.05) is 20.3 Å². The molecule has 0 aromatic carbocycles. The predicted molar refractivity (Wildman–Crippen MR) is 53.9 cm³/mol. The summed E-state index contributed by atoms with van der Waals surface area (Å²) in [6.45, 7) is 8.28. The first-order chi connectivity index (χ1) is 5.72. The Hall–Kier alpha value is -0.370. The minimum absolute atomic E-state index is 0.525. The summed E-state index contributed by atoms with van der Waals surface area (Å²) >= 11 is 0. The summed E-state index contributed by atoms with van der Waals surface area (Å²) in [5.41, 5.74) is 0. The molecule has 1 unspecified atom stereocenters. The molecule has 0 aliphatic rings. The minimum atomic E-state index is 0.525. The van der Waals surface area contributed by atoms with Gasteiger partial charge in [-0.3, -0.25) is 4.99 Å². The lowest BCUT2D eigenvalue weighted by Gasteiger charge is -2.14. The summed E-state index contributed by atoms with van der Waals surface area (Å²) in [5.74, 6) is 1.09. The molecule has 0 saturated heterocycles. The van der Waals surface area contributed by atoms with Gasteiger partial charge in [-0.25, -0.2) is 0 Å². The van der Waals surface area contributed by atoms with E-state index >= 15 is 0 Å². The molecule has 0 aliphatic heterocycles. The Balaban J connectivity index is 3.61. The van der Waals surface area contributed by atoms with Gasteiger partial charge in [-0.1, -0.05) is 20.8 Å². The second kappa shape index (κ2) is 7.29. The van der Waals surface area contributed by atoms with E-state index in [1.807, 2.05) is 6.21 Å². The third kappa shape index (κ3) is 5.30. The summed E-state index contributed by atoms with van der Waals surface area (Å²) in [6, 6.07) is 0. The molecular formula is C10H21NO. The molecule has 0 heterocycles. The van der Waals surface area contributed by atoms with Gasteiger partial charge in [0.05, 0.1) is 0 Å². The van der Waals surface area contributed by atoms with Crippen LogP contribution in [0.5, 0.6) is 0 Å². The van der Waals surface area contributed by atoms with Crippen molar-refractivity contribution < 1.29 is 4.74 Å². The Morgan fingerprint density at radius 3 is 2.58 bits per heavy atom. The van der Waals surface area contributed by atoms with E-state index in [1.165, 1.54) is 0 Å². The highest BCUT2D eigenvalue weighted by molar-refractivity contribution is 5.60. The van der Waals surface area contributed by atoms with Gasteiger partial charge in [0.2, 0.25) is 0 Å². The van der Waals surface area contributed by atoms with Gasteiger partial charge >= 0.3 is 0 Å². The highest BCUT2D eigenvalue weighted by Gasteiger charge is 2.08. The van der Waals surface area contributed by atoms with E-state index in [1.54, 1.807) is 7.11 Å². The van der Waals surface area contributed by atoms with Crippen molar-refractivity contribution in [1.82, 2.24) is 0 Å². The normalized spacial score (nSPS) is 16.7. The van der Waals surface area contributed by atoms with Crippen LogP contribution < -0.4 is 0 Å². The number of rotatable bonds is 6.